The number of hydrogen-bond donors (Lipinski definition) is 1. The molecule has 6 nitrogen and oxygen atoms in total. The van der Waals surface area contributed by atoms with Crippen LogP contribution in [0, 0.1) is 0 Å². The van der Waals surface area contributed by atoms with Crippen LogP contribution in [0.3, 0.4) is 0 Å². The summed E-state index contributed by atoms with van der Waals surface area (Å²) < 4.78 is 1.41. The summed E-state index contributed by atoms with van der Waals surface area (Å²) in [7, 11) is 0. The largest absolute Gasteiger partial charge is 0.290 e. The highest BCUT2D eigenvalue weighted by molar-refractivity contribution is 6.30. The topological polar surface area (TPSA) is 71.8 Å². The van der Waals surface area contributed by atoms with Gasteiger partial charge in [0, 0.05) is 10.6 Å². The van der Waals surface area contributed by atoms with Crippen LogP contribution in [-0.4, -0.2) is 30.2 Å². The van der Waals surface area contributed by atoms with Crippen LogP contribution in [0.15, 0.2) is 24.3 Å². The fourth-order valence-electron chi connectivity index (χ4n) is 1.27. The first-order valence-electron chi connectivity index (χ1n) is 4.23. The summed E-state index contributed by atoms with van der Waals surface area (Å²) in [4.78, 5) is 4.18. The number of tetrazole rings is 1. The summed E-state index contributed by atoms with van der Waals surface area (Å²) >= 11 is 5.78. The van der Waals surface area contributed by atoms with Gasteiger partial charge in [-0.1, -0.05) is 16.7 Å². The number of rotatable bonds is 1. The van der Waals surface area contributed by atoms with Gasteiger partial charge >= 0.3 is 0 Å². The van der Waals surface area contributed by atoms with Gasteiger partial charge in [0.2, 0.25) is 0 Å². The minimum Gasteiger partial charge on any atom is -0.186 e. The maximum absolute atomic E-state index is 5.78. The molecule has 0 bridgehead atoms. The number of nitrogens with one attached hydrogen (secondary N) is 1. The third-order valence-corrected chi connectivity index (χ3v) is 2.22. The van der Waals surface area contributed by atoms with Gasteiger partial charge in [-0.25, -0.2) is 0 Å². The molecule has 7 heteroatoms. The molecule has 1 N–H and O–H groups in total. The summed E-state index contributed by atoms with van der Waals surface area (Å²) in [5, 5.41) is 14.7. The van der Waals surface area contributed by atoms with Crippen molar-refractivity contribution in [3.05, 3.63) is 29.3 Å². The highest BCUT2D eigenvalue weighted by Gasteiger charge is 2.07. The van der Waals surface area contributed by atoms with E-state index >= 15 is 0 Å². The maximum Gasteiger partial charge on any atom is 0.290 e. The molecule has 3 rings (SSSR count). The van der Waals surface area contributed by atoms with Crippen LogP contribution >= 0.6 is 11.6 Å². The highest BCUT2D eigenvalue weighted by atomic mass is 35.5. The second-order valence-corrected chi connectivity index (χ2v) is 3.39. The highest BCUT2D eigenvalue weighted by Crippen LogP contribution is 2.17. The van der Waals surface area contributed by atoms with Crippen molar-refractivity contribution in [1.82, 2.24) is 30.2 Å². The van der Waals surface area contributed by atoms with Crippen molar-refractivity contribution in [2.45, 2.75) is 0 Å². The zero-order valence-electron chi connectivity index (χ0n) is 7.42. The lowest BCUT2D eigenvalue weighted by molar-refractivity contribution is 0.745. The van der Waals surface area contributed by atoms with Crippen molar-refractivity contribution < 1.29 is 0 Å². The molecule has 74 valence electrons. The van der Waals surface area contributed by atoms with Crippen LogP contribution in [-0.2, 0) is 0 Å². The van der Waals surface area contributed by atoms with Gasteiger partial charge in [0.05, 0.1) is 0 Å². The van der Waals surface area contributed by atoms with Gasteiger partial charge < -0.3 is 0 Å². The first-order chi connectivity index (χ1) is 7.33. The molecule has 0 spiro atoms. The lowest BCUT2D eigenvalue weighted by Gasteiger charge is -1.93. The molecular formula is C8H5ClN6. The van der Waals surface area contributed by atoms with Crippen molar-refractivity contribution in [1.29, 1.82) is 0 Å². The van der Waals surface area contributed by atoms with Crippen LogP contribution in [0.25, 0.3) is 17.2 Å². The molecule has 3 aromatic rings. The number of benzene rings is 1. The third kappa shape index (κ3) is 1.35. The lowest BCUT2D eigenvalue weighted by Crippen LogP contribution is -1.87. The van der Waals surface area contributed by atoms with Gasteiger partial charge in [0.1, 0.15) is 0 Å². The monoisotopic (exact) mass is 220 g/mol. The average Bonchev–Trinajstić information content (AvgIpc) is 2.78. The Hall–Kier alpha value is -1.95. The second-order valence-electron chi connectivity index (χ2n) is 2.95. The number of aromatic nitrogens is 6. The summed E-state index contributed by atoms with van der Waals surface area (Å²) in [5.41, 5.74) is 0.887. The van der Waals surface area contributed by atoms with Crippen LogP contribution in [0.4, 0.5) is 0 Å². The number of nitrogens with zero attached hydrogens (tertiary/aromatic N) is 5. The predicted octanol–water partition coefficient (Wildman–Crippen LogP) is 1.17. The van der Waals surface area contributed by atoms with E-state index in [0.717, 1.165) is 5.56 Å². The number of fused-ring (bicyclic) bond motifs is 1. The van der Waals surface area contributed by atoms with Gasteiger partial charge in [-0.15, -0.1) is 9.73 Å². The Kier molecular flexibility index (Phi) is 1.69. The molecule has 0 saturated carbocycles. The maximum atomic E-state index is 5.78. The molecule has 2 aromatic heterocycles. The molecule has 0 atom stereocenters. The van der Waals surface area contributed by atoms with Crippen molar-refractivity contribution in [3.63, 3.8) is 0 Å². The summed E-state index contributed by atoms with van der Waals surface area (Å²) in [5.74, 6) is 1.03. The van der Waals surface area contributed by atoms with Crippen molar-refractivity contribution >= 4 is 17.4 Å². The van der Waals surface area contributed by atoms with E-state index in [1.807, 2.05) is 12.1 Å². The average molecular weight is 221 g/mol. The smallest absolute Gasteiger partial charge is 0.186 e. The Balaban J connectivity index is 2.13. The van der Waals surface area contributed by atoms with Gasteiger partial charge in [0.25, 0.3) is 5.78 Å². The van der Waals surface area contributed by atoms with Gasteiger partial charge in [-0.05, 0) is 29.5 Å². The van der Waals surface area contributed by atoms with E-state index in [-0.39, 0.29) is 0 Å². The van der Waals surface area contributed by atoms with E-state index in [0.29, 0.717) is 16.6 Å². The quantitative estimate of drug-likeness (QED) is 0.668. The Labute approximate surface area is 88.9 Å². The molecule has 0 amide bonds. The molecule has 0 saturated heterocycles. The molecule has 0 fully saturated rings. The van der Waals surface area contributed by atoms with E-state index in [4.69, 9.17) is 11.6 Å². The van der Waals surface area contributed by atoms with Crippen molar-refractivity contribution in [2.75, 3.05) is 0 Å². The summed E-state index contributed by atoms with van der Waals surface area (Å²) in [6, 6.07) is 7.28. The standard InChI is InChI=1S/C8H5ClN6/c9-6-3-1-5(2-4-6)7-10-8-11-13-14-15(8)12-7/h1-4H,(H,10,11,12,14). The third-order valence-electron chi connectivity index (χ3n) is 1.97. The van der Waals surface area contributed by atoms with E-state index in [1.165, 1.54) is 4.63 Å². The van der Waals surface area contributed by atoms with Crippen LogP contribution in [0.1, 0.15) is 0 Å². The Morgan fingerprint density at radius 2 is 2.00 bits per heavy atom. The molecular weight excluding hydrogens is 216 g/mol. The minimum atomic E-state index is 0.444. The zero-order valence-corrected chi connectivity index (χ0v) is 8.18. The van der Waals surface area contributed by atoms with Crippen LogP contribution in [0.5, 0.6) is 0 Å². The number of H-pyrrole nitrogens is 1. The van der Waals surface area contributed by atoms with E-state index < -0.39 is 0 Å². The predicted molar refractivity (Wildman–Crippen MR) is 53.4 cm³/mol. The second kappa shape index (κ2) is 3.03. The molecule has 0 aliphatic carbocycles. The van der Waals surface area contributed by atoms with Gasteiger partial charge in [-0.2, -0.15) is 10.2 Å². The lowest BCUT2D eigenvalue weighted by atomic mass is 10.2. The minimum absolute atomic E-state index is 0.444. The SMILES string of the molecule is Clc1ccc(-c2nc3nn[nH]n3n2)cc1. The van der Waals surface area contributed by atoms with Crippen LogP contribution < -0.4 is 0 Å². The first kappa shape index (κ1) is 8.37. The molecule has 0 aliphatic rings. The Morgan fingerprint density at radius 1 is 1.20 bits per heavy atom. The number of aromatic amines is 1. The Morgan fingerprint density at radius 3 is 2.73 bits per heavy atom. The molecule has 0 unspecified atom stereocenters. The van der Waals surface area contributed by atoms with Crippen LogP contribution in [0.2, 0.25) is 5.02 Å². The molecule has 1 aromatic carbocycles. The van der Waals surface area contributed by atoms with Crippen molar-refractivity contribution in [2.24, 2.45) is 0 Å². The molecule has 0 aliphatic heterocycles. The first-order valence-corrected chi connectivity index (χ1v) is 4.60. The molecule has 0 radical (unpaired) electrons. The molecule has 2 heterocycles. The summed E-state index contributed by atoms with van der Waals surface area (Å²) in [6.45, 7) is 0. The fraction of sp³-hybridized carbons (Fsp3) is 0. The molecule has 15 heavy (non-hydrogen) atoms. The number of halogens is 1. The Bertz CT molecular complexity index is 566. The normalized spacial score (nSPS) is 11.0. The summed E-state index contributed by atoms with van der Waals surface area (Å²) in [6.07, 6.45) is 0. The number of hydrogen-bond acceptors (Lipinski definition) is 4. The van der Waals surface area contributed by atoms with Gasteiger partial charge in [-0.3, -0.25) is 0 Å². The van der Waals surface area contributed by atoms with Gasteiger partial charge in [0.15, 0.2) is 5.82 Å². The van der Waals surface area contributed by atoms with Crippen molar-refractivity contribution in [3.8, 4) is 11.4 Å². The van der Waals surface area contributed by atoms with E-state index in [1.54, 1.807) is 12.1 Å². The fourth-order valence-corrected chi connectivity index (χ4v) is 1.39. The van der Waals surface area contributed by atoms with E-state index in [9.17, 15) is 0 Å². The van der Waals surface area contributed by atoms with E-state index in [2.05, 4.69) is 25.6 Å². The zero-order chi connectivity index (χ0) is 10.3.